The average molecular weight is 783 g/mol. The fourth-order valence-electron chi connectivity index (χ4n) is 10.1. The Morgan fingerprint density at radius 1 is 0.508 bits per heavy atom. The Kier molecular flexibility index (Phi) is 7.31. The number of nitrogens with zero attached hydrogens (tertiary/aromatic N) is 2. The Morgan fingerprint density at radius 3 is 2.10 bits per heavy atom. The molecule has 1 aliphatic carbocycles. The molecule has 0 saturated heterocycles. The maximum Gasteiger partial charge on any atom is 0.137 e. The zero-order valence-corrected chi connectivity index (χ0v) is 33.5. The first-order valence-electron chi connectivity index (χ1n) is 21.1. The number of hydrogen-bond donors (Lipinski definition) is 0. The van der Waals surface area contributed by atoms with Gasteiger partial charge in [0.2, 0.25) is 0 Å². The van der Waals surface area contributed by atoms with E-state index in [0.29, 0.717) is 0 Å². The van der Waals surface area contributed by atoms with Gasteiger partial charge in [-0.3, -0.25) is 0 Å². The highest BCUT2D eigenvalue weighted by Gasteiger charge is 2.20. The molecule has 61 heavy (non-hydrogen) atoms. The van der Waals surface area contributed by atoms with Crippen LogP contribution in [-0.2, 0) is 0 Å². The molecule has 0 bridgehead atoms. The predicted molar refractivity (Wildman–Crippen MR) is 254 cm³/mol. The van der Waals surface area contributed by atoms with Crippen LogP contribution in [0.25, 0.3) is 118 Å². The second-order valence-electron chi connectivity index (χ2n) is 16.4. The zero-order valence-electron chi connectivity index (χ0n) is 33.5. The van der Waals surface area contributed by atoms with E-state index in [-0.39, 0.29) is 6.04 Å². The quantitative estimate of drug-likeness (QED) is 0.178. The van der Waals surface area contributed by atoms with Gasteiger partial charge in [0.15, 0.2) is 0 Å². The van der Waals surface area contributed by atoms with Crippen LogP contribution in [0.4, 0.5) is 0 Å². The van der Waals surface area contributed by atoms with E-state index in [4.69, 9.17) is 8.83 Å². The standard InChI is InChI=1S/C57H38N2O2/c1-2-45-46-15-7-9-17-54(46)60-56(45)32-44-30-41-27-39(21-25-51(41)58(44)42-23-19-35-11-3-5-13-37(35)28-42)40-22-26-52-48(31-40)49-33-50-47-16-8-10-18-55(47)61-57(50)34-53(49)59(52)43-24-20-36-12-4-6-14-38(36)29-43/h2-22,24-34,42H,23H2,1H3/b45-2-,56-32+. The van der Waals surface area contributed by atoms with E-state index in [0.717, 1.165) is 72.4 Å². The van der Waals surface area contributed by atoms with Gasteiger partial charge >= 0.3 is 0 Å². The molecule has 13 rings (SSSR count). The molecule has 4 heteroatoms. The van der Waals surface area contributed by atoms with Crippen molar-refractivity contribution in [3.05, 3.63) is 197 Å². The second kappa shape index (κ2) is 13.1. The van der Waals surface area contributed by atoms with Gasteiger partial charge in [-0.05, 0) is 106 Å². The highest BCUT2D eigenvalue weighted by atomic mass is 16.3. The van der Waals surface area contributed by atoms with E-state index in [2.05, 4.69) is 198 Å². The van der Waals surface area contributed by atoms with Gasteiger partial charge in [0.25, 0.3) is 0 Å². The maximum atomic E-state index is 6.53. The van der Waals surface area contributed by atoms with Crippen molar-refractivity contribution >= 4 is 101 Å². The molecule has 8 aromatic carbocycles. The molecule has 0 saturated carbocycles. The van der Waals surface area contributed by atoms with Crippen LogP contribution in [0.5, 0.6) is 0 Å². The summed E-state index contributed by atoms with van der Waals surface area (Å²) in [5, 5.41) is 13.1. The summed E-state index contributed by atoms with van der Waals surface area (Å²) >= 11 is 0. The van der Waals surface area contributed by atoms with Gasteiger partial charge in [0.1, 0.15) is 22.2 Å². The average Bonchev–Trinajstić information content (AvgIpc) is 4.05. The van der Waals surface area contributed by atoms with Gasteiger partial charge in [-0.25, -0.2) is 0 Å². The molecule has 1 unspecified atom stereocenters. The van der Waals surface area contributed by atoms with Crippen LogP contribution < -0.4 is 21.1 Å². The van der Waals surface area contributed by atoms with Crippen LogP contribution in [0.15, 0.2) is 179 Å². The van der Waals surface area contributed by atoms with E-state index in [9.17, 15) is 0 Å². The lowest BCUT2D eigenvalue weighted by Gasteiger charge is -2.20. The molecule has 1 atom stereocenters. The summed E-state index contributed by atoms with van der Waals surface area (Å²) < 4.78 is 17.9. The van der Waals surface area contributed by atoms with Gasteiger partial charge < -0.3 is 18.0 Å². The van der Waals surface area contributed by atoms with Crippen LogP contribution >= 0.6 is 0 Å². The third-order valence-electron chi connectivity index (χ3n) is 13.0. The number of hydrogen-bond acceptors (Lipinski definition) is 2. The summed E-state index contributed by atoms with van der Waals surface area (Å²) in [6.07, 6.45) is 10.1. The van der Waals surface area contributed by atoms with Crippen molar-refractivity contribution in [2.24, 2.45) is 0 Å². The van der Waals surface area contributed by atoms with Crippen molar-refractivity contribution < 1.29 is 8.83 Å². The first-order valence-corrected chi connectivity index (χ1v) is 21.1. The molecule has 1 aliphatic rings. The van der Waals surface area contributed by atoms with Crippen molar-refractivity contribution in [1.82, 2.24) is 9.13 Å². The van der Waals surface area contributed by atoms with E-state index >= 15 is 0 Å². The molecular formula is C57H38N2O2. The first-order chi connectivity index (χ1) is 30.1. The summed E-state index contributed by atoms with van der Waals surface area (Å²) in [7, 11) is 0. The van der Waals surface area contributed by atoms with Crippen LogP contribution in [0, 0.1) is 0 Å². The summed E-state index contributed by atoms with van der Waals surface area (Å²) in [5.41, 5.74) is 11.7. The molecule has 4 nitrogen and oxygen atoms in total. The minimum Gasteiger partial charge on any atom is -0.456 e. The minimum atomic E-state index is 0.149. The van der Waals surface area contributed by atoms with Gasteiger partial charge in [0.05, 0.1) is 17.1 Å². The Balaban J connectivity index is 1.02. The van der Waals surface area contributed by atoms with Gasteiger partial charge in [0, 0.05) is 66.6 Å². The Hall–Kier alpha value is -7.82. The lowest BCUT2D eigenvalue weighted by atomic mass is 10.0. The molecule has 0 fully saturated rings. The fraction of sp³-hybridized carbons (Fsp3) is 0.0526. The molecule has 288 valence electrons. The molecular weight excluding hydrogens is 745 g/mol. The molecule has 4 aromatic heterocycles. The van der Waals surface area contributed by atoms with Crippen molar-refractivity contribution in [3.63, 3.8) is 0 Å². The second-order valence-corrected chi connectivity index (χ2v) is 16.4. The largest absolute Gasteiger partial charge is 0.456 e. The summed E-state index contributed by atoms with van der Waals surface area (Å²) in [5.74, 6) is 0. The first kappa shape index (κ1) is 34.1. The fourth-order valence-corrected chi connectivity index (χ4v) is 10.1. The SMILES string of the molecule is C/C=c1\c(=C/c2cc3cc(-c4ccc5c(c4)c4cc6c(cc4n5-c4ccc5ccccc5c4)oc4ccccc46)ccc3n2C2C=c3ccccc3=CC2)oc2ccccc12. The summed E-state index contributed by atoms with van der Waals surface area (Å²) in [6.45, 7) is 2.09. The summed E-state index contributed by atoms with van der Waals surface area (Å²) in [6, 6.07) is 61.6. The molecule has 0 aliphatic heterocycles. The smallest absolute Gasteiger partial charge is 0.137 e. The Labute approximate surface area is 350 Å². The van der Waals surface area contributed by atoms with Crippen molar-refractivity contribution in [3.8, 4) is 16.8 Å². The molecule has 0 N–H and O–H groups in total. The molecule has 12 aromatic rings. The van der Waals surface area contributed by atoms with Gasteiger partial charge in [-0.15, -0.1) is 0 Å². The Bertz CT molecular complexity index is 4060. The number of para-hydroxylation sites is 2. The number of aromatic nitrogens is 2. The lowest BCUT2D eigenvalue weighted by molar-refractivity contribution is 0.574. The van der Waals surface area contributed by atoms with Crippen LogP contribution in [0.3, 0.4) is 0 Å². The number of benzene rings is 8. The van der Waals surface area contributed by atoms with Crippen LogP contribution in [0.2, 0.25) is 0 Å². The zero-order chi connectivity index (χ0) is 40.2. The molecule has 4 heterocycles. The third-order valence-corrected chi connectivity index (χ3v) is 13.0. The third kappa shape index (κ3) is 5.25. The highest BCUT2D eigenvalue weighted by Crippen LogP contribution is 2.41. The van der Waals surface area contributed by atoms with Crippen molar-refractivity contribution in [2.45, 2.75) is 19.4 Å². The van der Waals surface area contributed by atoms with Gasteiger partial charge in [-0.1, -0.05) is 121 Å². The molecule has 0 spiro atoms. The lowest BCUT2D eigenvalue weighted by Crippen LogP contribution is -2.29. The number of rotatable bonds is 4. The number of furan rings is 2. The number of fused-ring (bicyclic) bond motifs is 10. The molecule has 0 amide bonds. The van der Waals surface area contributed by atoms with Crippen molar-refractivity contribution in [1.29, 1.82) is 0 Å². The van der Waals surface area contributed by atoms with E-state index in [1.807, 2.05) is 12.1 Å². The predicted octanol–water partition coefficient (Wildman–Crippen LogP) is 12.0. The summed E-state index contributed by atoms with van der Waals surface area (Å²) in [4.78, 5) is 0. The van der Waals surface area contributed by atoms with Gasteiger partial charge in [-0.2, -0.15) is 0 Å². The monoisotopic (exact) mass is 782 g/mol. The Morgan fingerprint density at radius 2 is 1.23 bits per heavy atom. The van der Waals surface area contributed by atoms with Crippen LogP contribution in [0.1, 0.15) is 25.1 Å². The minimum absolute atomic E-state index is 0.149. The molecule has 0 radical (unpaired) electrons. The van der Waals surface area contributed by atoms with Crippen molar-refractivity contribution in [2.75, 3.05) is 0 Å². The van der Waals surface area contributed by atoms with E-state index in [1.165, 1.54) is 54.0 Å². The highest BCUT2D eigenvalue weighted by molar-refractivity contribution is 6.18. The topological polar surface area (TPSA) is 36.1 Å². The maximum absolute atomic E-state index is 6.53. The van der Waals surface area contributed by atoms with E-state index < -0.39 is 0 Å². The normalized spacial score (nSPS) is 14.9. The van der Waals surface area contributed by atoms with E-state index in [1.54, 1.807) is 0 Å². The van der Waals surface area contributed by atoms with Crippen LogP contribution in [-0.4, -0.2) is 9.13 Å².